The summed E-state index contributed by atoms with van der Waals surface area (Å²) >= 11 is 0. The van der Waals surface area contributed by atoms with Crippen LogP contribution in [-0.4, -0.2) is 0 Å². The fraction of sp³-hybridized carbons (Fsp3) is 1.00. The van der Waals surface area contributed by atoms with Crippen molar-refractivity contribution >= 4 is 0 Å². The van der Waals surface area contributed by atoms with E-state index in [1.807, 2.05) is 0 Å². The van der Waals surface area contributed by atoms with Crippen molar-refractivity contribution in [1.29, 1.82) is 0 Å². The molecule has 3 unspecified atom stereocenters. The van der Waals surface area contributed by atoms with Crippen molar-refractivity contribution < 1.29 is 0 Å². The Morgan fingerprint density at radius 1 is 0.304 bits per heavy atom. The molecule has 2 fully saturated rings. The molecule has 0 heteroatoms. The summed E-state index contributed by atoms with van der Waals surface area (Å²) in [6, 6.07) is 0. The summed E-state index contributed by atoms with van der Waals surface area (Å²) in [5, 5.41) is 0. The molecule has 0 N–H and O–H groups in total. The third-order valence-electron chi connectivity index (χ3n) is 16.2. The van der Waals surface area contributed by atoms with Crippen LogP contribution in [-0.2, 0) is 0 Å². The summed E-state index contributed by atoms with van der Waals surface area (Å²) in [6.45, 7) is 35.3. The van der Waals surface area contributed by atoms with Crippen molar-refractivity contribution in [3.05, 3.63) is 0 Å². The lowest BCUT2D eigenvalue weighted by Gasteiger charge is -2.33. The van der Waals surface area contributed by atoms with Crippen LogP contribution in [0.1, 0.15) is 296 Å². The van der Waals surface area contributed by atoms with E-state index in [1.54, 1.807) is 0 Å². The molecule has 0 spiro atoms. The topological polar surface area (TPSA) is 0 Å². The molecule has 0 bridgehead atoms. The molecule has 0 amide bonds. The lowest BCUT2D eigenvalue weighted by molar-refractivity contribution is 0.183. The molecule has 0 radical (unpaired) electrons. The Morgan fingerprint density at radius 3 is 0.821 bits per heavy atom. The predicted molar refractivity (Wildman–Crippen MR) is 262 cm³/mol. The maximum atomic E-state index is 2.39. The summed E-state index contributed by atoms with van der Waals surface area (Å²) in [7, 11) is 0. The number of hydrogen-bond acceptors (Lipinski definition) is 0. The van der Waals surface area contributed by atoms with E-state index >= 15 is 0 Å². The van der Waals surface area contributed by atoms with Crippen LogP contribution < -0.4 is 0 Å². The van der Waals surface area contributed by atoms with Crippen molar-refractivity contribution in [3.63, 3.8) is 0 Å². The maximum absolute atomic E-state index is 2.39. The minimum atomic E-state index is 0.988. The zero-order valence-electron chi connectivity index (χ0n) is 42.6. The van der Waals surface area contributed by atoms with Crippen LogP contribution in [0, 0.1) is 65.1 Å². The molecule has 0 aromatic carbocycles. The van der Waals surface area contributed by atoms with Gasteiger partial charge in [-0.3, -0.25) is 0 Å². The fourth-order valence-electron chi connectivity index (χ4n) is 10.8. The zero-order valence-corrected chi connectivity index (χ0v) is 42.6. The van der Waals surface area contributed by atoms with Gasteiger partial charge in [-0.15, -0.1) is 0 Å². The van der Waals surface area contributed by atoms with Crippen molar-refractivity contribution in [2.75, 3.05) is 0 Å². The Kier molecular flexibility index (Phi) is 41.9. The summed E-state index contributed by atoms with van der Waals surface area (Å²) in [5.74, 6) is 11.2. The van der Waals surface area contributed by atoms with Crippen molar-refractivity contribution in [1.82, 2.24) is 0 Å². The molecule has 2 aliphatic rings. The number of unbranched alkanes of at least 4 members (excludes halogenated alkanes) is 1. The highest BCUT2D eigenvalue weighted by molar-refractivity contribution is 4.78. The van der Waals surface area contributed by atoms with Crippen molar-refractivity contribution in [3.8, 4) is 0 Å². The van der Waals surface area contributed by atoms with Gasteiger partial charge in [0.15, 0.2) is 0 Å². The highest BCUT2D eigenvalue weighted by Crippen LogP contribution is 2.38. The van der Waals surface area contributed by atoms with Crippen LogP contribution in [0.15, 0.2) is 0 Å². The first-order chi connectivity index (χ1) is 27.1. The second-order valence-electron chi connectivity index (χ2n) is 19.9. The van der Waals surface area contributed by atoms with E-state index in [0.717, 1.165) is 65.1 Å². The van der Waals surface area contributed by atoms with Gasteiger partial charge in [0.25, 0.3) is 0 Å². The smallest absolute Gasteiger partial charge is 0.0412 e. The van der Waals surface area contributed by atoms with Gasteiger partial charge < -0.3 is 0 Å². The average molecular weight is 790 g/mol. The molecular formula is C56H116. The van der Waals surface area contributed by atoms with Crippen molar-refractivity contribution in [2.24, 2.45) is 65.1 Å². The van der Waals surface area contributed by atoms with Gasteiger partial charge in [-0.1, -0.05) is 252 Å². The van der Waals surface area contributed by atoms with E-state index in [4.69, 9.17) is 0 Å². The zero-order chi connectivity index (χ0) is 42.6. The first kappa shape index (κ1) is 58.1. The van der Waals surface area contributed by atoms with E-state index < -0.39 is 0 Å². The van der Waals surface area contributed by atoms with Gasteiger partial charge in [0.05, 0.1) is 0 Å². The van der Waals surface area contributed by atoms with Gasteiger partial charge in [0.2, 0.25) is 0 Å². The molecule has 2 rings (SSSR count). The van der Waals surface area contributed by atoms with Gasteiger partial charge in [-0.05, 0) is 110 Å². The third kappa shape index (κ3) is 29.3. The minimum Gasteiger partial charge on any atom is -0.0654 e. The van der Waals surface area contributed by atoms with Gasteiger partial charge in [0, 0.05) is 0 Å². The molecule has 3 atom stereocenters. The highest BCUT2D eigenvalue weighted by Gasteiger charge is 2.26. The monoisotopic (exact) mass is 789 g/mol. The molecular weight excluding hydrogens is 673 g/mol. The Balaban J connectivity index is 0. The summed E-state index contributed by atoms with van der Waals surface area (Å²) in [4.78, 5) is 0. The number of hydrogen-bond donors (Lipinski definition) is 0. The fourth-order valence-corrected chi connectivity index (χ4v) is 10.8. The third-order valence-corrected chi connectivity index (χ3v) is 16.2. The minimum absolute atomic E-state index is 0.988. The quantitative estimate of drug-likeness (QED) is 0.0967. The standard InChI is InChI=1S/C16H32.C14H28.2C13H28/c1-5-13-9-14(6-2)11-16(8-4)12-15(7-3)10-13;1-4-12-8-7-9-13(5-2)11-14(6-3)10-12;1-5-12(6-2)10-9-11-13(7-3)8-4;1-5-9-10-13(8-4)11-12(6-2)7-3/h13-16H,5-12H2,1-4H3;12-14H,4-11H2,1-3H3;2*12-13H,5-11H2,1-4H3. The first-order valence-electron chi connectivity index (χ1n) is 27.1. The maximum Gasteiger partial charge on any atom is -0.0412 e. The highest BCUT2D eigenvalue weighted by atomic mass is 14.3. The normalized spacial score (nSPS) is 25.1. The van der Waals surface area contributed by atoms with E-state index in [9.17, 15) is 0 Å². The Labute approximate surface area is 360 Å². The molecule has 0 nitrogen and oxygen atoms in total. The lowest BCUT2D eigenvalue weighted by atomic mass is 9.72. The van der Waals surface area contributed by atoms with Crippen LogP contribution in [0.2, 0.25) is 0 Å². The molecule has 340 valence electrons. The molecule has 0 aromatic rings. The van der Waals surface area contributed by atoms with E-state index in [1.165, 1.54) is 193 Å². The van der Waals surface area contributed by atoms with Gasteiger partial charge in [-0.25, -0.2) is 0 Å². The lowest BCUT2D eigenvalue weighted by Crippen LogP contribution is -2.21. The SMILES string of the molecule is CCC(CC)CCCC(CC)CC.CCC1CC(CC)CC(CC)CC(CC)C1.CCC1CCCC(CC)CC(CC)C1.CCCCC(CC)CC(CC)CC. The molecule has 0 aliphatic heterocycles. The second kappa shape index (κ2) is 40.4. The van der Waals surface area contributed by atoms with Crippen LogP contribution in [0.5, 0.6) is 0 Å². The first-order valence-corrected chi connectivity index (χ1v) is 27.1. The molecule has 2 aliphatic carbocycles. The molecule has 0 aromatic heterocycles. The summed E-state index contributed by atoms with van der Waals surface area (Å²) < 4.78 is 0. The van der Waals surface area contributed by atoms with Crippen LogP contribution in [0.4, 0.5) is 0 Å². The Morgan fingerprint density at radius 2 is 0.571 bits per heavy atom. The summed E-state index contributed by atoms with van der Waals surface area (Å²) in [5.41, 5.74) is 0. The van der Waals surface area contributed by atoms with E-state index in [0.29, 0.717) is 0 Å². The Hall–Kier alpha value is 0. The summed E-state index contributed by atoms with van der Waals surface area (Å²) in [6.07, 6.45) is 43.2. The Bertz CT molecular complexity index is 667. The molecule has 0 saturated heterocycles. The van der Waals surface area contributed by atoms with E-state index in [-0.39, 0.29) is 0 Å². The molecule has 56 heavy (non-hydrogen) atoms. The van der Waals surface area contributed by atoms with Gasteiger partial charge in [0.1, 0.15) is 0 Å². The van der Waals surface area contributed by atoms with E-state index in [2.05, 4.69) is 104 Å². The van der Waals surface area contributed by atoms with Gasteiger partial charge in [-0.2, -0.15) is 0 Å². The predicted octanol–water partition coefficient (Wildman–Crippen LogP) is 20.8. The van der Waals surface area contributed by atoms with Gasteiger partial charge >= 0.3 is 0 Å². The molecule has 0 heterocycles. The number of rotatable bonds is 23. The largest absolute Gasteiger partial charge is 0.0654 e. The van der Waals surface area contributed by atoms with Crippen LogP contribution >= 0.6 is 0 Å². The van der Waals surface area contributed by atoms with Crippen molar-refractivity contribution in [2.45, 2.75) is 296 Å². The average Bonchev–Trinajstić information content (AvgIpc) is 3.22. The van der Waals surface area contributed by atoms with Crippen LogP contribution in [0.25, 0.3) is 0 Å². The second-order valence-corrected chi connectivity index (χ2v) is 19.9. The molecule has 2 saturated carbocycles. The van der Waals surface area contributed by atoms with Crippen LogP contribution in [0.3, 0.4) is 0 Å².